The van der Waals surface area contributed by atoms with Crippen LogP contribution in [0, 0.1) is 0 Å². The van der Waals surface area contributed by atoms with Crippen molar-refractivity contribution in [2.24, 2.45) is 0 Å². The van der Waals surface area contributed by atoms with E-state index in [9.17, 15) is 0 Å². The van der Waals surface area contributed by atoms with Gasteiger partial charge in [0, 0.05) is 18.8 Å². The van der Waals surface area contributed by atoms with E-state index in [4.69, 9.17) is 4.74 Å². The molecule has 0 amide bonds. The molecule has 0 aliphatic rings. The van der Waals surface area contributed by atoms with E-state index in [-0.39, 0.29) is 0 Å². The molecule has 0 unspecified atom stereocenters. The Balaban J connectivity index is 1.41. The second kappa shape index (κ2) is 14.3. The van der Waals surface area contributed by atoms with Gasteiger partial charge < -0.3 is 9.72 Å². The monoisotopic (exact) mass is 370 g/mol. The first-order valence-corrected chi connectivity index (χ1v) is 11.1. The number of unbranched alkanes of at least 4 members (excludes halogenated alkanes) is 11. The van der Waals surface area contributed by atoms with Gasteiger partial charge in [-0.25, -0.2) is 4.98 Å². The lowest BCUT2D eigenvalue weighted by atomic mass is 10.1. The van der Waals surface area contributed by atoms with Crippen molar-refractivity contribution in [3.63, 3.8) is 0 Å². The highest BCUT2D eigenvalue weighted by atomic mass is 16.5. The van der Waals surface area contributed by atoms with E-state index < -0.39 is 0 Å². The van der Waals surface area contributed by atoms with E-state index in [1.54, 1.807) is 6.20 Å². The van der Waals surface area contributed by atoms with Gasteiger partial charge in [-0.2, -0.15) is 0 Å². The fraction of sp³-hybridized carbons (Fsp3) is 0.625. The van der Waals surface area contributed by atoms with Gasteiger partial charge in [-0.3, -0.25) is 0 Å². The molecule has 1 heterocycles. The number of hydrogen-bond acceptors (Lipinski definition) is 2. The van der Waals surface area contributed by atoms with Crippen molar-refractivity contribution in [3.8, 4) is 5.75 Å². The molecule has 0 bridgehead atoms. The summed E-state index contributed by atoms with van der Waals surface area (Å²) in [6, 6.07) is 8.39. The van der Waals surface area contributed by atoms with Gasteiger partial charge in [0.25, 0.3) is 0 Å². The number of benzene rings is 1. The zero-order chi connectivity index (χ0) is 19.0. The quantitative estimate of drug-likeness (QED) is 0.321. The SMILES string of the molecule is CCCCCCCCCCCCCCOc1ccc(Cc2ncc[nH]2)cc1. The minimum Gasteiger partial charge on any atom is -0.494 e. The Morgan fingerprint density at radius 3 is 1.93 bits per heavy atom. The molecule has 1 aromatic heterocycles. The highest BCUT2D eigenvalue weighted by Crippen LogP contribution is 2.15. The van der Waals surface area contributed by atoms with Crippen molar-refractivity contribution in [2.75, 3.05) is 6.61 Å². The zero-order valence-electron chi connectivity index (χ0n) is 17.2. The molecule has 3 heteroatoms. The summed E-state index contributed by atoms with van der Waals surface area (Å²) in [5, 5.41) is 0. The first kappa shape index (κ1) is 21.5. The number of aromatic nitrogens is 2. The molecule has 3 nitrogen and oxygen atoms in total. The topological polar surface area (TPSA) is 37.9 Å². The fourth-order valence-electron chi connectivity index (χ4n) is 3.42. The number of nitrogens with zero attached hydrogens (tertiary/aromatic N) is 1. The fourth-order valence-corrected chi connectivity index (χ4v) is 3.42. The van der Waals surface area contributed by atoms with Crippen LogP contribution in [0.25, 0.3) is 0 Å². The summed E-state index contributed by atoms with van der Waals surface area (Å²) in [6.07, 6.45) is 21.0. The summed E-state index contributed by atoms with van der Waals surface area (Å²) >= 11 is 0. The molecule has 0 aliphatic carbocycles. The molecule has 0 aliphatic heterocycles. The number of imidazole rings is 1. The van der Waals surface area contributed by atoms with E-state index in [1.165, 1.54) is 76.2 Å². The van der Waals surface area contributed by atoms with Crippen LogP contribution >= 0.6 is 0 Å². The zero-order valence-corrected chi connectivity index (χ0v) is 17.2. The lowest BCUT2D eigenvalue weighted by molar-refractivity contribution is 0.304. The first-order chi connectivity index (χ1) is 13.4. The van der Waals surface area contributed by atoms with Crippen molar-refractivity contribution >= 4 is 0 Å². The van der Waals surface area contributed by atoms with Crippen LogP contribution in [0.3, 0.4) is 0 Å². The number of rotatable bonds is 16. The van der Waals surface area contributed by atoms with Gasteiger partial charge in [-0.15, -0.1) is 0 Å². The predicted molar refractivity (Wildman–Crippen MR) is 114 cm³/mol. The van der Waals surface area contributed by atoms with Crippen LogP contribution in [0.15, 0.2) is 36.7 Å². The average molecular weight is 371 g/mol. The lowest BCUT2D eigenvalue weighted by Gasteiger charge is -2.07. The van der Waals surface area contributed by atoms with E-state index in [1.807, 2.05) is 6.20 Å². The second-order valence-electron chi connectivity index (χ2n) is 7.59. The van der Waals surface area contributed by atoms with Gasteiger partial charge in [0.1, 0.15) is 11.6 Å². The van der Waals surface area contributed by atoms with Crippen LogP contribution in [-0.2, 0) is 6.42 Å². The largest absolute Gasteiger partial charge is 0.494 e. The minimum atomic E-state index is 0.828. The van der Waals surface area contributed by atoms with E-state index >= 15 is 0 Å². The number of aromatic amines is 1. The smallest absolute Gasteiger partial charge is 0.119 e. The van der Waals surface area contributed by atoms with Crippen LogP contribution in [0.5, 0.6) is 5.75 Å². The molecule has 150 valence electrons. The highest BCUT2D eigenvalue weighted by Gasteiger charge is 2.00. The molecule has 1 aromatic carbocycles. The molecule has 2 aromatic rings. The molecule has 0 saturated heterocycles. The van der Waals surface area contributed by atoms with Gasteiger partial charge in [0.05, 0.1) is 6.61 Å². The maximum absolute atomic E-state index is 5.86. The van der Waals surface area contributed by atoms with Crippen molar-refractivity contribution < 1.29 is 4.74 Å². The van der Waals surface area contributed by atoms with Crippen LogP contribution in [0.1, 0.15) is 95.4 Å². The van der Waals surface area contributed by atoms with E-state index in [2.05, 4.69) is 41.2 Å². The van der Waals surface area contributed by atoms with Crippen LogP contribution in [-0.4, -0.2) is 16.6 Å². The number of ether oxygens (including phenoxy) is 1. The molecular formula is C24H38N2O. The average Bonchev–Trinajstić information content (AvgIpc) is 3.20. The molecule has 0 radical (unpaired) electrons. The van der Waals surface area contributed by atoms with E-state index in [0.29, 0.717) is 0 Å². The molecule has 1 N–H and O–H groups in total. The van der Waals surface area contributed by atoms with Crippen LogP contribution < -0.4 is 4.74 Å². The normalized spacial score (nSPS) is 11.0. The van der Waals surface area contributed by atoms with Gasteiger partial charge >= 0.3 is 0 Å². The lowest BCUT2D eigenvalue weighted by Crippen LogP contribution is -1.98. The molecule has 2 rings (SSSR count). The Bertz CT molecular complexity index is 563. The number of nitrogens with one attached hydrogen (secondary N) is 1. The Hall–Kier alpha value is -1.77. The standard InChI is InChI=1S/C24H38N2O/c1-2-3-4-5-6-7-8-9-10-11-12-13-20-27-23-16-14-22(15-17-23)21-24-25-18-19-26-24/h14-19H,2-13,20-21H2,1H3,(H,25,26). The molecule has 27 heavy (non-hydrogen) atoms. The Morgan fingerprint density at radius 1 is 0.778 bits per heavy atom. The molecular weight excluding hydrogens is 332 g/mol. The second-order valence-corrected chi connectivity index (χ2v) is 7.59. The first-order valence-electron chi connectivity index (χ1n) is 11.1. The van der Waals surface area contributed by atoms with Crippen LogP contribution in [0.4, 0.5) is 0 Å². The van der Waals surface area contributed by atoms with Gasteiger partial charge in [-0.05, 0) is 24.1 Å². The third kappa shape index (κ3) is 10.2. The maximum atomic E-state index is 5.86. The maximum Gasteiger partial charge on any atom is 0.119 e. The third-order valence-electron chi connectivity index (χ3n) is 5.12. The molecule has 0 saturated carbocycles. The summed E-state index contributed by atoms with van der Waals surface area (Å²) in [4.78, 5) is 7.40. The van der Waals surface area contributed by atoms with E-state index in [0.717, 1.165) is 31.0 Å². The Kier molecular flexibility index (Phi) is 11.4. The molecule has 0 atom stereocenters. The summed E-state index contributed by atoms with van der Waals surface area (Å²) in [5.74, 6) is 1.97. The van der Waals surface area contributed by atoms with Crippen molar-refractivity contribution in [3.05, 3.63) is 48.0 Å². The third-order valence-corrected chi connectivity index (χ3v) is 5.12. The summed E-state index contributed by atoms with van der Waals surface area (Å²) in [6.45, 7) is 3.11. The summed E-state index contributed by atoms with van der Waals surface area (Å²) in [5.41, 5.74) is 1.25. The number of H-pyrrole nitrogens is 1. The summed E-state index contributed by atoms with van der Waals surface area (Å²) in [7, 11) is 0. The predicted octanol–water partition coefficient (Wildman–Crippen LogP) is 7.08. The summed E-state index contributed by atoms with van der Waals surface area (Å²) < 4.78 is 5.86. The molecule has 0 fully saturated rings. The van der Waals surface area contributed by atoms with Gasteiger partial charge in [0.2, 0.25) is 0 Å². The number of hydrogen-bond donors (Lipinski definition) is 1. The van der Waals surface area contributed by atoms with Crippen LogP contribution in [0.2, 0.25) is 0 Å². The molecule has 0 spiro atoms. The van der Waals surface area contributed by atoms with Gasteiger partial charge in [-0.1, -0.05) is 89.7 Å². The van der Waals surface area contributed by atoms with Gasteiger partial charge in [0.15, 0.2) is 0 Å². The Morgan fingerprint density at radius 2 is 1.37 bits per heavy atom. The van der Waals surface area contributed by atoms with Crippen molar-refractivity contribution in [1.29, 1.82) is 0 Å². The minimum absolute atomic E-state index is 0.828. The van der Waals surface area contributed by atoms with Crippen molar-refractivity contribution in [2.45, 2.75) is 90.4 Å². The Labute approximate surface area is 166 Å². The van der Waals surface area contributed by atoms with Crippen molar-refractivity contribution in [1.82, 2.24) is 9.97 Å². The highest BCUT2D eigenvalue weighted by molar-refractivity contribution is 5.28.